The van der Waals surface area contributed by atoms with Crippen molar-refractivity contribution in [2.75, 3.05) is 12.3 Å². The van der Waals surface area contributed by atoms with Gasteiger partial charge in [0, 0.05) is 35.1 Å². The van der Waals surface area contributed by atoms with E-state index < -0.39 is 0 Å². The number of benzene rings is 3. The van der Waals surface area contributed by atoms with Crippen LogP contribution in [0.15, 0.2) is 84.9 Å². The van der Waals surface area contributed by atoms with Crippen molar-refractivity contribution in [2.24, 2.45) is 0 Å². The lowest BCUT2D eigenvalue weighted by Crippen LogP contribution is -2.25. The highest BCUT2D eigenvalue weighted by Crippen LogP contribution is 2.18. The van der Waals surface area contributed by atoms with E-state index in [9.17, 15) is 4.79 Å². The molecule has 0 atom stereocenters. The van der Waals surface area contributed by atoms with Crippen molar-refractivity contribution in [3.05, 3.63) is 107 Å². The van der Waals surface area contributed by atoms with Gasteiger partial charge in [-0.3, -0.25) is 4.79 Å². The van der Waals surface area contributed by atoms with Crippen LogP contribution in [0.4, 0.5) is 0 Å². The molecule has 1 amide bonds. The molecule has 4 heteroatoms. The van der Waals surface area contributed by atoms with Crippen LogP contribution in [0.25, 0.3) is 0 Å². The predicted octanol–water partition coefficient (Wildman–Crippen LogP) is 5.78. The van der Waals surface area contributed by atoms with E-state index in [1.165, 1.54) is 16.7 Å². The molecule has 1 N–H and O–H groups in total. The second-order valence-corrected chi connectivity index (χ2v) is 8.56. The number of thioether (sulfide) groups is 2. The summed E-state index contributed by atoms with van der Waals surface area (Å²) in [4.78, 5) is 12.3. The Bertz CT molecular complexity index is 835. The molecule has 0 fully saturated rings. The third-order valence-electron chi connectivity index (χ3n) is 4.24. The van der Waals surface area contributed by atoms with E-state index >= 15 is 0 Å². The number of rotatable bonds is 10. The Morgan fingerprint density at radius 2 is 1.14 bits per heavy atom. The molecule has 0 bridgehead atoms. The molecule has 0 spiro atoms. The van der Waals surface area contributed by atoms with Crippen molar-refractivity contribution in [2.45, 2.75) is 17.3 Å². The van der Waals surface area contributed by atoms with Gasteiger partial charge in [0.05, 0.1) is 0 Å². The van der Waals surface area contributed by atoms with Crippen LogP contribution < -0.4 is 5.32 Å². The average Bonchev–Trinajstić information content (AvgIpc) is 2.75. The van der Waals surface area contributed by atoms with Crippen LogP contribution in [0, 0.1) is 0 Å². The van der Waals surface area contributed by atoms with Crippen LogP contribution in [0.1, 0.15) is 27.0 Å². The fraction of sp³-hybridized carbons (Fsp3) is 0.208. The molecular weight excluding hydrogens is 382 g/mol. The first-order valence-corrected chi connectivity index (χ1v) is 11.7. The number of amides is 1. The van der Waals surface area contributed by atoms with Gasteiger partial charge < -0.3 is 5.32 Å². The summed E-state index contributed by atoms with van der Waals surface area (Å²) in [6.45, 7) is 0.686. The van der Waals surface area contributed by atoms with E-state index in [1.807, 2.05) is 47.8 Å². The molecule has 0 aliphatic heterocycles. The van der Waals surface area contributed by atoms with E-state index in [4.69, 9.17) is 0 Å². The van der Waals surface area contributed by atoms with Crippen LogP contribution in [0.3, 0.4) is 0 Å². The first-order valence-electron chi connectivity index (χ1n) is 9.42. The van der Waals surface area contributed by atoms with Crippen molar-refractivity contribution in [1.82, 2.24) is 5.32 Å². The number of carbonyl (C=O) groups is 1. The largest absolute Gasteiger partial charge is 0.351 e. The summed E-state index contributed by atoms with van der Waals surface area (Å²) in [7, 11) is 0. The maximum atomic E-state index is 12.3. The zero-order valence-corrected chi connectivity index (χ0v) is 17.5. The van der Waals surface area contributed by atoms with Gasteiger partial charge in [0.25, 0.3) is 5.91 Å². The standard InChI is InChI=1S/C24H25NOS2/c26-24(25-15-16-27-17-20-7-3-1-4-8-20)23-13-11-22(12-14-23)19-28-18-21-9-5-2-6-10-21/h1-14H,15-19H2,(H,25,26). The Hall–Kier alpha value is -2.17. The van der Waals surface area contributed by atoms with Crippen molar-refractivity contribution in [3.63, 3.8) is 0 Å². The fourth-order valence-electron chi connectivity index (χ4n) is 2.72. The zero-order valence-electron chi connectivity index (χ0n) is 15.8. The first kappa shape index (κ1) is 20.6. The highest BCUT2D eigenvalue weighted by Gasteiger charge is 2.05. The Kier molecular flexibility index (Phi) is 8.54. The van der Waals surface area contributed by atoms with Gasteiger partial charge in [0.15, 0.2) is 0 Å². The highest BCUT2D eigenvalue weighted by atomic mass is 32.2. The lowest BCUT2D eigenvalue weighted by molar-refractivity contribution is 0.0956. The van der Waals surface area contributed by atoms with Crippen LogP contribution in [-0.4, -0.2) is 18.2 Å². The summed E-state index contributed by atoms with van der Waals surface area (Å²) in [5.74, 6) is 3.85. The third kappa shape index (κ3) is 7.10. The molecule has 0 saturated carbocycles. The molecule has 0 aromatic heterocycles. The monoisotopic (exact) mass is 407 g/mol. The van der Waals surface area contributed by atoms with Crippen molar-refractivity contribution in [1.29, 1.82) is 0 Å². The quantitative estimate of drug-likeness (QED) is 0.432. The Morgan fingerprint density at radius 3 is 1.71 bits per heavy atom. The van der Waals surface area contributed by atoms with Gasteiger partial charge in [-0.25, -0.2) is 0 Å². The van der Waals surface area contributed by atoms with Crippen LogP contribution in [0.2, 0.25) is 0 Å². The van der Waals surface area contributed by atoms with E-state index in [-0.39, 0.29) is 5.91 Å². The molecule has 0 aliphatic rings. The minimum Gasteiger partial charge on any atom is -0.351 e. The summed E-state index contributed by atoms with van der Waals surface area (Å²) in [6.07, 6.45) is 0. The van der Waals surface area contributed by atoms with Crippen molar-refractivity contribution in [3.8, 4) is 0 Å². The summed E-state index contributed by atoms with van der Waals surface area (Å²) >= 11 is 3.72. The van der Waals surface area contributed by atoms with Gasteiger partial charge in [-0.1, -0.05) is 72.8 Å². The molecular formula is C24H25NOS2. The van der Waals surface area contributed by atoms with Crippen molar-refractivity contribution < 1.29 is 4.79 Å². The molecule has 0 aliphatic carbocycles. The minimum atomic E-state index is 0.00352. The number of hydrogen-bond acceptors (Lipinski definition) is 3. The molecule has 0 radical (unpaired) electrons. The number of carbonyl (C=O) groups excluding carboxylic acids is 1. The SMILES string of the molecule is O=C(NCCSCc1ccccc1)c1ccc(CSCc2ccccc2)cc1. The summed E-state index contributed by atoms with van der Waals surface area (Å²) in [6, 6.07) is 28.8. The maximum Gasteiger partial charge on any atom is 0.251 e. The van der Waals surface area contributed by atoms with Crippen LogP contribution >= 0.6 is 23.5 Å². The topological polar surface area (TPSA) is 29.1 Å². The Balaban J connectivity index is 1.34. The lowest BCUT2D eigenvalue weighted by atomic mass is 10.1. The van der Waals surface area contributed by atoms with Gasteiger partial charge in [-0.15, -0.1) is 0 Å². The molecule has 0 saturated heterocycles. The Morgan fingerprint density at radius 1 is 0.643 bits per heavy atom. The minimum absolute atomic E-state index is 0.00352. The van der Waals surface area contributed by atoms with Gasteiger partial charge in [0.2, 0.25) is 0 Å². The molecule has 3 aromatic carbocycles. The Labute approximate surface area is 176 Å². The fourth-order valence-corrected chi connectivity index (χ4v) is 4.49. The predicted molar refractivity (Wildman–Crippen MR) is 123 cm³/mol. The first-order chi connectivity index (χ1) is 13.8. The second-order valence-electron chi connectivity index (χ2n) is 6.47. The molecule has 0 heterocycles. The smallest absolute Gasteiger partial charge is 0.251 e. The second kappa shape index (κ2) is 11.6. The molecule has 144 valence electrons. The number of hydrogen-bond donors (Lipinski definition) is 1. The van der Waals surface area contributed by atoms with Gasteiger partial charge >= 0.3 is 0 Å². The maximum absolute atomic E-state index is 12.3. The highest BCUT2D eigenvalue weighted by molar-refractivity contribution is 7.98. The van der Waals surface area contributed by atoms with E-state index in [0.29, 0.717) is 6.54 Å². The zero-order chi connectivity index (χ0) is 19.4. The summed E-state index contributed by atoms with van der Waals surface area (Å²) < 4.78 is 0. The van der Waals surface area contributed by atoms with Gasteiger partial charge in [0.1, 0.15) is 0 Å². The van der Waals surface area contributed by atoms with E-state index in [2.05, 4.69) is 66.0 Å². The summed E-state index contributed by atoms with van der Waals surface area (Å²) in [5, 5.41) is 3.00. The average molecular weight is 408 g/mol. The van der Waals surface area contributed by atoms with Gasteiger partial charge in [-0.05, 0) is 28.8 Å². The normalized spacial score (nSPS) is 10.6. The van der Waals surface area contributed by atoms with E-state index in [1.54, 1.807) is 0 Å². The molecule has 3 rings (SSSR count). The molecule has 0 unspecified atom stereocenters. The molecule has 3 aromatic rings. The third-order valence-corrected chi connectivity index (χ3v) is 6.35. The van der Waals surface area contributed by atoms with Crippen LogP contribution in [0.5, 0.6) is 0 Å². The van der Waals surface area contributed by atoms with Crippen LogP contribution in [-0.2, 0) is 17.3 Å². The molecule has 28 heavy (non-hydrogen) atoms. The number of nitrogens with one attached hydrogen (secondary N) is 1. The molecule has 2 nitrogen and oxygen atoms in total. The summed E-state index contributed by atoms with van der Waals surface area (Å²) in [5.41, 5.74) is 4.63. The van der Waals surface area contributed by atoms with Gasteiger partial charge in [-0.2, -0.15) is 23.5 Å². The van der Waals surface area contributed by atoms with Crippen molar-refractivity contribution >= 4 is 29.4 Å². The van der Waals surface area contributed by atoms with E-state index in [0.717, 1.165) is 28.6 Å². The lowest BCUT2D eigenvalue weighted by Gasteiger charge is -2.07.